The van der Waals surface area contributed by atoms with Crippen molar-refractivity contribution in [1.29, 1.82) is 0 Å². The van der Waals surface area contributed by atoms with Crippen LogP contribution in [-0.4, -0.2) is 0 Å². The average Bonchev–Trinajstić information content (AvgIpc) is 2.37. The predicted molar refractivity (Wildman–Crippen MR) is 79.1 cm³/mol. The van der Waals surface area contributed by atoms with E-state index in [1.165, 1.54) is 23.6 Å². The molecule has 0 aliphatic heterocycles. The number of allylic oxidation sites excluding steroid dienone is 4. The summed E-state index contributed by atoms with van der Waals surface area (Å²) < 4.78 is 13.5. The number of aryl methyl sites for hydroxylation is 1. The molecule has 0 aliphatic rings. The van der Waals surface area contributed by atoms with Crippen molar-refractivity contribution < 1.29 is 4.39 Å². The van der Waals surface area contributed by atoms with E-state index in [0.717, 1.165) is 24.0 Å². The maximum Gasteiger partial charge on any atom is 0.100 e. The zero-order chi connectivity index (χ0) is 13.7. The molecule has 1 rings (SSSR count). The highest BCUT2D eigenvalue weighted by molar-refractivity contribution is 5.80. The minimum Gasteiger partial charge on any atom is -0.212 e. The zero-order valence-electron chi connectivity index (χ0n) is 12.1. The largest absolute Gasteiger partial charge is 0.212 e. The molecule has 0 aromatic heterocycles. The van der Waals surface area contributed by atoms with Crippen LogP contribution < -0.4 is 0 Å². The van der Waals surface area contributed by atoms with Crippen LogP contribution >= 0.6 is 0 Å². The first-order valence-electron chi connectivity index (χ1n) is 6.61. The Morgan fingerprint density at radius 1 is 1.22 bits per heavy atom. The van der Waals surface area contributed by atoms with E-state index < -0.39 is 0 Å². The summed E-state index contributed by atoms with van der Waals surface area (Å²) in [6.07, 6.45) is 4.23. The van der Waals surface area contributed by atoms with Gasteiger partial charge in [0.1, 0.15) is 5.83 Å². The van der Waals surface area contributed by atoms with Gasteiger partial charge in [0.25, 0.3) is 0 Å². The minimum atomic E-state index is -0.103. The molecule has 0 amide bonds. The summed E-state index contributed by atoms with van der Waals surface area (Å²) in [4.78, 5) is 0. The standard InChI is InChI=1S/C17H23F/c1-6-9-15-10-8-11-16(13(4)14(5)18)17(15)12(3)7-2/h7-8,10-11H,6,9H2,1-5H3/b12-7-,14-13-. The van der Waals surface area contributed by atoms with E-state index in [2.05, 4.69) is 26.0 Å². The second kappa shape index (κ2) is 6.53. The molecule has 0 aliphatic carbocycles. The molecule has 0 saturated heterocycles. The Balaban J connectivity index is 3.52. The molecule has 0 atom stereocenters. The highest BCUT2D eigenvalue weighted by Crippen LogP contribution is 2.31. The first kappa shape index (κ1) is 14.7. The lowest BCUT2D eigenvalue weighted by Crippen LogP contribution is -1.98. The SMILES string of the molecule is C/C=C(/C)c1c(CCC)cccc1/C(C)=C(/C)F. The van der Waals surface area contributed by atoms with Crippen molar-refractivity contribution in [3.63, 3.8) is 0 Å². The fraction of sp³-hybridized carbons (Fsp3) is 0.412. The van der Waals surface area contributed by atoms with Crippen LogP contribution in [0.4, 0.5) is 4.39 Å². The summed E-state index contributed by atoms with van der Waals surface area (Å²) in [6.45, 7) is 9.68. The van der Waals surface area contributed by atoms with Crippen LogP contribution in [0.2, 0.25) is 0 Å². The lowest BCUT2D eigenvalue weighted by Gasteiger charge is -2.16. The van der Waals surface area contributed by atoms with E-state index in [0.29, 0.717) is 0 Å². The molecular weight excluding hydrogens is 223 g/mol. The predicted octanol–water partition coefficient (Wildman–Crippen LogP) is 5.78. The van der Waals surface area contributed by atoms with Crippen LogP contribution in [0.1, 0.15) is 57.7 Å². The second-order valence-electron chi connectivity index (χ2n) is 4.72. The van der Waals surface area contributed by atoms with Crippen molar-refractivity contribution >= 4 is 11.1 Å². The van der Waals surface area contributed by atoms with Crippen molar-refractivity contribution in [2.45, 2.75) is 47.5 Å². The Labute approximate surface area is 110 Å². The van der Waals surface area contributed by atoms with E-state index >= 15 is 0 Å². The van der Waals surface area contributed by atoms with Gasteiger partial charge in [-0.05, 0) is 62.0 Å². The first-order chi connectivity index (χ1) is 8.52. The zero-order valence-corrected chi connectivity index (χ0v) is 12.1. The van der Waals surface area contributed by atoms with Gasteiger partial charge in [-0.25, -0.2) is 4.39 Å². The summed E-state index contributed by atoms with van der Waals surface area (Å²) in [5.41, 5.74) is 5.50. The number of hydrogen-bond acceptors (Lipinski definition) is 0. The van der Waals surface area contributed by atoms with Gasteiger partial charge in [0.2, 0.25) is 0 Å². The van der Waals surface area contributed by atoms with E-state index in [9.17, 15) is 4.39 Å². The smallest absolute Gasteiger partial charge is 0.100 e. The molecule has 0 bridgehead atoms. The number of benzene rings is 1. The number of halogens is 1. The van der Waals surface area contributed by atoms with Gasteiger partial charge < -0.3 is 0 Å². The third-order valence-electron chi connectivity index (χ3n) is 3.42. The Bertz CT molecular complexity index is 474. The molecule has 18 heavy (non-hydrogen) atoms. The van der Waals surface area contributed by atoms with Gasteiger partial charge in [-0.1, -0.05) is 37.6 Å². The van der Waals surface area contributed by atoms with Gasteiger partial charge in [-0.3, -0.25) is 0 Å². The second-order valence-corrected chi connectivity index (χ2v) is 4.72. The van der Waals surface area contributed by atoms with Gasteiger partial charge in [-0.2, -0.15) is 0 Å². The Kier molecular flexibility index (Phi) is 5.33. The van der Waals surface area contributed by atoms with Crippen molar-refractivity contribution in [1.82, 2.24) is 0 Å². The van der Waals surface area contributed by atoms with E-state index in [1.807, 2.05) is 26.0 Å². The first-order valence-corrected chi connectivity index (χ1v) is 6.61. The van der Waals surface area contributed by atoms with E-state index in [1.54, 1.807) is 0 Å². The molecule has 0 radical (unpaired) electrons. The monoisotopic (exact) mass is 246 g/mol. The molecule has 0 saturated carbocycles. The molecule has 0 fully saturated rings. The van der Waals surface area contributed by atoms with Crippen LogP contribution in [0.5, 0.6) is 0 Å². The van der Waals surface area contributed by atoms with Crippen molar-refractivity contribution in [2.24, 2.45) is 0 Å². The molecular formula is C17H23F. The van der Waals surface area contributed by atoms with Crippen LogP contribution in [0.25, 0.3) is 11.1 Å². The minimum absolute atomic E-state index is 0.103. The molecule has 0 N–H and O–H groups in total. The Hall–Kier alpha value is -1.37. The third kappa shape index (κ3) is 3.10. The molecule has 98 valence electrons. The fourth-order valence-corrected chi connectivity index (χ4v) is 2.19. The average molecular weight is 246 g/mol. The highest BCUT2D eigenvalue weighted by Gasteiger charge is 2.12. The maximum atomic E-state index is 13.5. The summed E-state index contributed by atoms with van der Waals surface area (Å²) in [5, 5.41) is 0. The van der Waals surface area contributed by atoms with Crippen LogP contribution in [0, 0.1) is 0 Å². The van der Waals surface area contributed by atoms with Crippen LogP contribution in [0.3, 0.4) is 0 Å². The van der Waals surface area contributed by atoms with Crippen LogP contribution in [-0.2, 0) is 6.42 Å². The lowest BCUT2D eigenvalue weighted by atomic mass is 9.89. The van der Waals surface area contributed by atoms with Gasteiger partial charge in [0.05, 0.1) is 0 Å². The molecule has 1 aromatic rings. The van der Waals surface area contributed by atoms with Crippen molar-refractivity contribution in [3.05, 3.63) is 46.8 Å². The Morgan fingerprint density at radius 2 is 1.89 bits per heavy atom. The molecule has 1 heteroatoms. The maximum absolute atomic E-state index is 13.5. The highest BCUT2D eigenvalue weighted by atomic mass is 19.1. The molecule has 1 aromatic carbocycles. The van der Waals surface area contributed by atoms with Crippen molar-refractivity contribution in [3.8, 4) is 0 Å². The van der Waals surface area contributed by atoms with Gasteiger partial charge in [-0.15, -0.1) is 0 Å². The quantitative estimate of drug-likeness (QED) is 0.631. The summed E-state index contributed by atoms with van der Waals surface area (Å²) in [7, 11) is 0. The van der Waals surface area contributed by atoms with Gasteiger partial charge in [0.15, 0.2) is 0 Å². The number of rotatable bonds is 4. The fourth-order valence-electron chi connectivity index (χ4n) is 2.19. The molecule has 0 unspecified atom stereocenters. The lowest BCUT2D eigenvalue weighted by molar-refractivity contribution is 0.643. The topological polar surface area (TPSA) is 0 Å². The van der Waals surface area contributed by atoms with Crippen molar-refractivity contribution in [2.75, 3.05) is 0 Å². The van der Waals surface area contributed by atoms with Gasteiger partial charge >= 0.3 is 0 Å². The summed E-state index contributed by atoms with van der Waals surface area (Å²) >= 11 is 0. The van der Waals surface area contributed by atoms with Gasteiger partial charge in [0, 0.05) is 0 Å². The molecule has 0 heterocycles. The Morgan fingerprint density at radius 3 is 2.39 bits per heavy atom. The number of hydrogen-bond donors (Lipinski definition) is 0. The third-order valence-corrected chi connectivity index (χ3v) is 3.42. The van der Waals surface area contributed by atoms with E-state index in [-0.39, 0.29) is 5.83 Å². The van der Waals surface area contributed by atoms with Crippen LogP contribution in [0.15, 0.2) is 30.1 Å². The normalized spacial score (nSPS) is 13.6. The molecule has 0 nitrogen and oxygen atoms in total. The summed E-state index contributed by atoms with van der Waals surface area (Å²) in [5.74, 6) is -0.103. The van der Waals surface area contributed by atoms with E-state index in [4.69, 9.17) is 0 Å². The summed E-state index contributed by atoms with van der Waals surface area (Å²) in [6, 6.07) is 6.19. The molecule has 0 spiro atoms.